The first-order chi connectivity index (χ1) is 11.8. The van der Waals surface area contributed by atoms with E-state index >= 15 is 0 Å². The zero-order valence-electron chi connectivity index (χ0n) is 14.0. The maximum atomic E-state index is 12.6. The molecule has 0 aliphatic carbocycles. The first kappa shape index (κ1) is 17.8. The SMILES string of the molecule is Cc1noc(NS(=O)(=O)c2ccn(-c3ccccc3C(C)C)c2)c1Br. The molecule has 3 rings (SSSR count). The topological polar surface area (TPSA) is 77.1 Å². The molecule has 0 saturated carbocycles. The van der Waals surface area contributed by atoms with Gasteiger partial charge in [0, 0.05) is 18.1 Å². The molecule has 0 fully saturated rings. The number of hydrogen-bond donors (Lipinski definition) is 1. The first-order valence-corrected chi connectivity index (χ1v) is 9.99. The zero-order chi connectivity index (χ0) is 18.2. The van der Waals surface area contributed by atoms with Gasteiger partial charge in [0.1, 0.15) is 9.37 Å². The molecule has 8 heteroatoms. The van der Waals surface area contributed by atoms with Gasteiger partial charge in [-0.2, -0.15) is 0 Å². The summed E-state index contributed by atoms with van der Waals surface area (Å²) in [5, 5.41) is 3.72. The number of nitrogens with one attached hydrogen (secondary N) is 1. The van der Waals surface area contributed by atoms with E-state index in [1.165, 1.54) is 0 Å². The van der Waals surface area contributed by atoms with Crippen molar-refractivity contribution in [2.75, 3.05) is 4.72 Å². The Bertz CT molecular complexity index is 1010. The number of aryl methyl sites for hydroxylation is 1. The van der Waals surface area contributed by atoms with Crippen LogP contribution < -0.4 is 4.72 Å². The van der Waals surface area contributed by atoms with Crippen molar-refractivity contribution in [3.63, 3.8) is 0 Å². The fourth-order valence-electron chi connectivity index (χ4n) is 2.50. The molecule has 1 aromatic carbocycles. The summed E-state index contributed by atoms with van der Waals surface area (Å²) >= 11 is 3.25. The third-order valence-corrected chi connectivity index (χ3v) is 6.08. The third-order valence-electron chi connectivity index (χ3n) is 3.83. The van der Waals surface area contributed by atoms with Crippen molar-refractivity contribution < 1.29 is 12.9 Å². The summed E-state index contributed by atoms with van der Waals surface area (Å²) in [4.78, 5) is 0.145. The van der Waals surface area contributed by atoms with E-state index in [0.29, 0.717) is 16.1 Å². The fraction of sp³-hybridized carbons (Fsp3) is 0.235. The zero-order valence-corrected chi connectivity index (χ0v) is 16.4. The Morgan fingerprint density at radius 2 is 1.96 bits per heavy atom. The molecule has 0 amide bonds. The molecule has 132 valence electrons. The van der Waals surface area contributed by atoms with Gasteiger partial charge in [0.15, 0.2) is 0 Å². The van der Waals surface area contributed by atoms with Crippen LogP contribution in [0.15, 0.2) is 56.6 Å². The van der Waals surface area contributed by atoms with Gasteiger partial charge in [0.25, 0.3) is 15.9 Å². The number of halogens is 1. The second-order valence-electron chi connectivity index (χ2n) is 5.98. The lowest BCUT2D eigenvalue weighted by atomic mass is 10.0. The van der Waals surface area contributed by atoms with Gasteiger partial charge < -0.3 is 9.09 Å². The minimum atomic E-state index is -3.78. The number of rotatable bonds is 5. The average Bonchev–Trinajstić information content (AvgIpc) is 3.18. The lowest BCUT2D eigenvalue weighted by Crippen LogP contribution is -2.12. The highest BCUT2D eigenvalue weighted by Crippen LogP contribution is 2.29. The summed E-state index contributed by atoms with van der Waals surface area (Å²) in [6.45, 7) is 5.92. The molecule has 2 heterocycles. The van der Waals surface area contributed by atoms with E-state index in [2.05, 4.69) is 39.7 Å². The molecule has 0 spiro atoms. The minimum absolute atomic E-state index is 0.0628. The molecule has 0 aliphatic rings. The number of anilines is 1. The Labute approximate surface area is 155 Å². The maximum absolute atomic E-state index is 12.6. The number of hydrogen-bond acceptors (Lipinski definition) is 4. The summed E-state index contributed by atoms with van der Waals surface area (Å²) in [5.41, 5.74) is 2.67. The number of aromatic nitrogens is 2. The molecule has 1 N–H and O–H groups in total. The molecule has 0 bridgehead atoms. The Balaban J connectivity index is 1.95. The Hall–Kier alpha value is -2.06. The maximum Gasteiger partial charge on any atom is 0.265 e. The molecular formula is C17H18BrN3O3S. The number of para-hydroxylation sites is 1. The van der Waals surface area contributed by atoms with Crippen LogP contribution in [0, 0.1) is 6.92 Å². The second kappa shape index (κ2) is 6.68. The van der Waals surface area contributed by atoms with Crippen LogP contribution in [-0.2, 0) is 10.0 Å². The van der Waals surface area contributed by atoms with Crippen LogP contribution >= 0.6 is 15.9 Å². The molecule has 0 radical (unpaired) electrons. The lowest BCUT2D eigenvalue weighted by Gasteiger charge is -2.13. The summed E-state index contributed by atoms with van der Waals surface area (Å²) in [7, 11) is -3.78. The van der Waals surface area contributed by atoms with E-state index in [9.17, 15) is 8.42 Å². The number of sulfonamides is 1. The van der Waals surface area contributed by atoms with E-state index in [1.807, 2.05) is 28.8 Å². The van der Waals surface area contributed by atoms with E-state index in [4.69, 9.17) is 4.52 Å². The Kier molecular flexibility index (Phi) is 4.75. The lowest BCUT2D eigenvalue weighted by molar-refractivity contribution is 0.430. The van der Waals surface area contributed by atoms with Crippen LogP contribution in [0.3, 0.4) is 0 Å². The summed E-state index contributed by atoms with van der Waals surface area (Å²) in [6, 6.07) is 9.47. The highest BCUT2D eigenvalue weighted by molar-refractivity contribution is 9.10. The van der Waals surface area contributed by atoms with Crippen LogP contribution in [0.5, 0.6) is 0 Å². The summed E-state index contributed by atoms with van der Waals surface area (Å²) in [5.74, 6) is 0.387. The van der Waals surface area contributed by atoms with E-state index < -0.39 is 10.0 Å². The quantitative estimate of drug-likeness (QED) is 0.656. The average molecular weight is 424 g/mol. The second-order valence-corrected chi connectivity index (χ2v) is 8.46. The predicted octanol–water partition coefficient (Wildman–Crippen LogP) is 4.46. The molecule has 3 aromatic rings. The predicted molar refractivity (Wildman–Crippen MR) is 99.6 cm³/mol. The van der Waals surface area contributed by atoms with Crippen molar-refractivity contribution >= 4 is 31.8 Å². The van der Waals surface area contributed by atoms with Crippen LogP contribution in [0.4, 0.5) is 5.88 Å². The summed E-state index contributed by atoms with van der Waals surface area (Å²) < 4.78 is 34.9. The van der Waals surface area contributed by atoms with Gasteiger partial charge in [0.2, 0.25) is 0 Å². The molecule has 0 unspecified atom stereocenters. The Morgan fingerprint density at radius 1 is 1.24 bits per heavy atom. The van der Waals surface area contributed by atoms with Crippen LogP contribution in [-0.4, -0.2) is 18.1 Å². The van der Waals surface area contributed by atoms with Crippen molar-refractivity contribution in [1.82, 2.24) is 9.72 Å². The highest BCUT2D eigenvalue weighted by Gasteiger charge is 2.21. The minimum Gasteiger partial charge on any atom is -0.336 e. The monoisotopic (exact) mass is 423 g/mol. The largest absolute Gasteiger partial charge is 0.336 e. The van der Waals surface area contributed by atoms with Crippen molar-refractivity contribution in [2.45, 2.75) is 31.6 Å². The van der Waals surface area contributed by atoms with Crippen molar-refractivity contribution in [3.05, 3.63) is 58.5 Å². The van der Waals surface area contributed by atoms with Crippen LogP contribution in [0.2, 0.25) is 0 Å². The first-order valence-electron chi connectivity index (χ1n) is 7.71. The number of benzene rings is 1. The van der Waals surface area contributed by atoms with Crippen LogP contribution in [0.1, 0.15) is 31.0 Å². The summed E-state index contributed by atoms with van der Waals surface area (Å²) in [6.07, 6.45) is 3.32. The van der Waals surface area contributed by atoms with E-state index in [1.54, 1.807) is 25.4 Å². The highest BCUT2D eigenvalue weighted by atomic mass is 79.9. The van der Waals surface area contributed by atoms with Crippen molar-refractivity contribution in [2.24, 2.45) is 0 Å². The van der Waals surface area contributed by atoms with Gasteiger partial charge in [-0.05, 0) is 46.5 Å². The van der Waals surface area contributed by atoms with Gasteiger partial charge in [-0.3, -0.25) is 0 Å². The Morgan fingerprint density at radius 3 is 2.60 bits per heavy atom. The standard InChI is InChI=1S/C17H18BrN3O3S/c1-11(2)14-6-4-5-7-15(14)21-9-8-13(10-21)25(22,23)20-17-16(18)12(3)19-24-17/h4-11,20H,1-3H3. The smallest absolute Gasteiger partial charge is 0.265 e. The van der Waals surface area contributed by atoms with Gasteiger partial charge >= 0.3 is 0 Å². The molecule has 0 aliphatic heterocycles. The fourth-order valence-corrected chi connectivity index (χ4v) is 3.87. The van der Waals surface area contributed by atoms with Gasteiger partial charge in [-0.15, -0.1) is 0 Å². The van der Waals surface area contributed by atoms with Crippen molar-refractivity contribution in [3.8, 4) is 5.69 Å². The molecule has 0 saturated heterocycles. The van der Waals surface area contributed by atoms with Crippen LogP contribution in [0.25, 0.3) is 5.69 Å². The van der Waals surface area contributed by atoms with Gasteiger partial charge in [0.05, 0.1) is 5.69 Å². The van der Waals surface area contributed by atoms with E-state index in [0.717, 1.165) is 11.3 Å². The molecular weight excluding hydrogens is 406 g/mol. The molecule has 0 atom stereocenters. The molecule has 2 aromatic heterocycles. The molecule has 6 nitrogen and oxygen atoms in total. The van der Waals surface area contributed by atoms with Gasteiger partial charge in [-0.1, -0.05) is 37.2 Å². The number of nitrogens with zero attached hydrogens (tertiary/aromatic N) is 2. The third kappa shape index (κ3) is 3.50. The van der Waals surface area contributed by atoms with Crippen molar-refractivity contribution in [1.29, 1.82) is 0 Å². The van der Waals surface area contributed by atoms with Gasteiger partial charge in [-0.25, -0.2) is 13.1 Å². The normalized spacial score (nSPS) is 11.9. The molecule has 25 heavy (non-hydrogen) atoms. The van der Waals surface area contributed by atoms with E-state index in [-0.39, 0.29) is 10.8 Å².